The summed E-state index contributed by atoms with van der Waals surface area (Å²) in [4.78, 5) is 0. The first-order chi connectivity index (χ1) is 22.7. The molecular weight excluding hydrogens is 581 g/mol. The number of nitrogens with zero attached hydrogens (tertiary/aromatic N) is 1. The summed E-state index contributed by atoms with van der Waals surface area (Å²) in [5.41, 5.74) is 19.7. The number of hydrogen-bond donors (Lipinski definition) is 3. The summed E-state index contributed by atoms with van der Waals surface area (Å²) in [6.07, 6.45) is 6.83. The Labute approximate surface area is 271 Å². The molecule has 4 nitrogen and oxygen atoms in total. The van der Waals surface area contributed by atoms with Crippen LogP contribution in [0.25, 0.3) is 44.8 Å². The van der Waals surface area contributed by atoms with Crippen LogP contribution >= 0.6 is 11.3 Å². The molecule has 5 heteroatoms. The maximum Gasteiger partial charge on any atom is 0.0719 e. The number of hydrogen-bond acceptors (Lipinski definition) is 4. The van der Waals surface area contributed by atoms with Crippen LogP contribution < -0.4 is 11.1 Å². The quantitative estimate of drug-likeness (QED) is 0.170. The number of nitrogens with one attached hydrogen (secondary N) is 2. The van der Waals surface area contributed by atoms with Gasteiger partial charge in [0.15, 0.2) is 0 Å². The SMILES string of the molecule is N=C(c1cscc1N)c1ccccc1-c1cc(-c2cccc3c2NC2c4ccn(-c5ccccc5)c4C=CC32)cc2ccccc12. The second kappa shape index (κ2) is 10.5. The molecule has 4 N–H and O–H groups in total. The second-order valence-corrected chi connectivity index (χ2v) is 12.8. The predicted octanol–water partition coefficient (Wildman–Crippen LogP) is 10.3. The number of rotatable bonds is 5. The zero-order chi connectivity index (χ0) is 30.8. The van der Waals surface area contributed by atoms with E-state index >= 15 is 0 Å². The van der Waals surface area contributed by atoms with E-state index in [0.717, 1.165) is 33.2 Å². The lowest BCUT2D eigenvalue weighted by Gasteiger charge is -2.23. The molecule has 3 heterocycles. The molecule has 46 heavy (non-hydrogen) atoms. The molecule has 0 bridgehead atoms. The highest BCUT2D eigenvalue weighted by molar-refractivity contribution is 7.08. The smallest absolute Gasteiger partial charge is 0.0719 e. The lowest BCUT2D eigenvalue weighted by atomic mass is 9.85. The van der Waals surface area contributed by atoms with Crippen LogP contribution in [0.2, 0.25) is 0 Å². The Kier molecular flexibility index (Phi) is 6.08. The van der Waals surface area contributed by atoms with Gasteiger partial charge >= 0.3 is 0 Å². The summed E-state index contributed by atoms with van der Waals surface area (Å²) in [5, 5.41) is 19.3. The monoisotopic (exact) mass is 610 g/mol. The summed E-state index contributed by atoms with van der Waals surface area (Å²) in [5.74, 6) is 0.256. The van der Waals surface area contributed by atoms with Crippen molar-refractivity contribution in [2.75, 3.05) is 11.1 Å². The van der Waals surface area contributed by atoms with E-state index in [-0.39, 0.29) is 12.0 Å². The van der Waals surface area contributed by atoms with E-state index in [1.165, 1.54) is 50.5 Å². The summed E-state index contributed by atoms with van der Waals surface area (Å²) in [7, 11) is 0. The van der Waals surface area contributed by atoms with Crippen LogP contribution in [0.1, 0.15) is 39.9 Å². The Morgan fingerprint density at radius 3 is 2.41 bits per heavy atom. The lowest BCUT2D eigenvalue weighted by molar-refractivity contribution is 0.723. The van der Waals surface area contributed by atoms with Crippen LogP contribution in [0, 0.1) is 5.41 Å². The Morgan fingerprint density at radius 1 is 0.739 bits per heavy atom. The third kappa shape index (κ3) is 4.09. The first-order valence-electron chi connectivity index (χ1n) is 15.5. The fourth-order valence-electron chi connectivity index (χ4n) is 7.35. The van der Waals surface area contributed by atoms with Crippen LogP contribution in [0.3, 0.4) is 0 Å². The topological polar surface area (TPSA) is 66.8 Å². The summed E-state index contributed by atoms with van der Waals surface area (Å²) in [6, 6.07) is 41.0. The predicted molar refractivity (Wildman–Crippen MR) is 193 cm³/mol. The fourth-order valence-corrected chi connectivity index (χ4v) is 8.08. The van der Waals surface area contributed by atoms with E-state index in [1.54, 1.807) is 0 Å². The molecule has 5 aromatic carbocycles. The second-order valence-electron chi connectivity index (χ2n) is 12.0. The first kappa shape index (κ1) is 26.7. The number of benzene rings is 5. The summed E-state index contributed by atoms with van der Waals surface area (Å²) in [6.45, 7) is 0. The Bertz CT molecular complexity index is 2340. The number of nitrogen functional groups attached to an aromatic ring is 1. The van der Waals surface area contributed by atoms with Gasteiger partial charge in [0.2, 0.25) is 0 Å². The van der Waals surface area contributed by atoms with Crippen molar-refractivity contribution < 1.29 is 0 Å². The van der Waals surface area contributed by atoms with Gasteiger partial charge in [-0.15, -0.1) is 11.3 Å². The number of nitrogens with two attached hydrogens (primary N) is 1. The van der Waals surface area contributed by atoms with Crippen LogP contribution in [0.15, 0.2) is 138 Å². The maximum absolute atomic E-state index is 9.16. The van der Waals surface area contributed by atoms with E-state index in [4.69, 9.17) is 11.1 Å². The summed E-state index contributed by atoms with van der Waals surface area (Å²) >= 11 is 1.53. The third-order valence-electron chi connectivity index (χ3n) is 9.52. The van der Waals surface area contributed by atoms with Crippen molar-refractivity contribution >= 4 is 45.3 Å². The van der Waals surface area contributed by atoms with Crippen molar-refractivity contribution in [2.45, 2.75) is 12.0 Å². The van der Waals surface area contributed by atoms with Crippen molar-refractivity contribution in [3.63, 3.8) is 0 Å². The summed E-state index contributed by atoms with van der Waals surface area (Å²) < 4.78 is 2.28. The van der Waals surface area contributed by atoms with Crippen LogP contribution in [0.4, 0.5) is 11.4 Å². The minimum atomic E-state index is 0.165. The van der Waals surface area contributed by atoms with Crippen LogP contribution in [-0.4, -0.2) is 10.3 Å². The van der Waals surface area contributed by atoms with Crippen LogP contribution in [0.5, 0.6) is 0 Å². The highest BCUT2D eigenvalue weighted by Gasteiger charge is 2.37. The van der Waals surface area contributed by atoms with Gasteiger partial charge in [-0.25, -0.2) is 0 Å². The Balaban J connectivity index is 1.17. The molecule has 1 aliphatic heterocycles. The highest BCUT2D eigenvalue weighted by atomic mass is 32.1. The van der Waals surface area contributed by atoms with Gasteiger partial charge in [-0.2, -0.15) is 0 Å². The molecule has 2 unspecified atom stereocenters. The molecule has 0 saturated heterocycles. The van der Waals surface area contributed by atoms with Crippen LogP contribution in [-0.2, 0) is 0 Å². The molecule has 0 fully saturated rings. The van der Waals surface area contributed by atoms with Gasteiger partial charge in [0, 0.05) is 56.5 Å². The molecule has 0 radical (unpaired) electrons. The largest absolute Gasteiger partial charge is 0.398 e. The zero-order valence-electron chi connectivity index (χ0n) is 24.9. The molecule has 2 aliphatic rings. The molecule has 7 aromatic rings. The van der Waals surface area contributed by atoms with Gasteiger partial charge in [0.25, 0.3) is 0 Å². The first-order valence-corrected chi connectivity index (χ1v) is 16.5. The maximum atomic E-state index is 9.16. The zero-order valence-corrected chi connectivity index (χ0v) is 25.8. The number of fused-ring (bicyclic) bond motifs is 6. The van der Waals surface area contributed by atoms with Gasteiger partial charge in [-0.05, 0) is 69.4 Å². The van der Waals surface area contributed by atoms with Gasteiger partial charge in [-0.1, -0.05) is 91.0 Å². The molecule has 0 amide bonds. The normalized spacial score (nSPS) is 16.1. The molecule has 2 atom stereocenters. The molecule has 0 saturated carbocycles. The van der Waals surface area contributed by atoms with E-state index in [1.807, 2.05) is 22.9 Å². The minimum absolute atomic E-state index is 0.165. The minimum Gasteiger partial charge on any atom is -0.398 e. The average molecular weight is 611 g/mol. The van der Waals surface area contributed by atoms with Crippen molar-refractivity contribution in [3.05, 3.63) is 166 Å². The van der Waals surface area contributed by atoms with E-state index in [2.05, 4.69) is 131 Å². The number of anilines is 2. The highest BCUT2D eigenvalue weighted by Crippen LogP contribution is 2.52. The molecule has 0 spiro atoms. The van der Waals surface area contributed by atoms with Gasteiger partial charge in [0.05, 0.1) is 23.1 Å². The Morgan fingerprint density at radius 2 is 1.54 bits per heavy atom. The molecule has 1 aliphatic carbocycles. The van der Waals surface area contributed by atoms with Gasteiger partial charge in [0.1, 0.15) is 0 Å². The van der Waals surface area contributed by atoms with E-state index in [0.29, 0.717) is 11.4 Å². The standard InChI is InChI=1S/C41H30N4S/c42-37-24-46-23-36(37)39(43)31-14-7-6-13-30(31)35-22-26(21-25-9-4-5-12-28(25)35)29-15-8-16-32-33-17-18-38-34(41(33)44-40(29)32)19-20-45(38)27-10-2-1-3-11-27/h1-24,33,41,43-44H,42H2. The van der Waals surface area contributed by atoms with Gasteiger partial charge < -0.3 is 15.6 Å². The third-order valence-corrected chi connectivity index (χ3v) is 10.3. The number of thiophene rings is 1. The number of aromatic nitrogens is 1. The van der Waals surface area contributed by atoms with Gasteiger partial charge in [-0.3, -0.25) is 5.41 Å². The van der Waals surface area contributed by atoms with Crippen molar-refractivity contribution in [1.82, 2.24) is 4.57 Å². The Hall–Kier alpha value is -5.65. The van der Waals surface area contributed by atoms with Crippen molar-refractivity contribution in [2.24, 2.45) is 0 Å². The molecular formula is C41H30N4S. The number of para-hydroxylation sites is 2. The molecule has 9 rings (SSSR count). The van der Waals surface area contributed by atoms with Crippen molar-refractivity contribution in [1.29, 1.82) is 5.41 Å². The molecule has 220 valence electrons. The van der Waals surface area contributed by atoms with E-state index < -0.39 is 0 Å². The lowest BCUT2D eigenvalue weighted by Crippen LogP contribution is -2.14. The fraction of sp³-hybridized carbons (Fsp3) is 0.0488. The molecule has 2 aromatic heterocycles. The average Bonchev–Trinajstić information content (AvgIpc) is 3.84. The van der Waals surface area contributed by atoms with E-state index in [9.17, 15) is 0 Å². The van der Waals surface area contributed by atoms with Crippen molar-refractivity contribution in [3.8, 4) is 27.9 Å².